The molecular weight excluding hydrogens is 302 g/mol. The monoisotopic (exact) mass is 323 g/mol. The van der Waals surface area contributed by atoms with Gasteiger partial charge in [-0.05, 0) is 38.5 Å². The Hall–Kier alpha value is 0.130. The third-order valence-corrected chi connectivity index (χ3v) is 4.89. The number of piperidine rings is 1. The maximum Gasteiger partial charge on any atom is 0.211 e. The molecule has 0 bridgehead atoms. The van der Waals surface area contributed by atoms with Crippen LogP contribution >= 0.6 is 15.9 Å². The fourth-order valence-electron chi connectivity index (χ4n) is 2.33. The minimum absolute atomic E-state index is 0.491. The van der Waals surface area contributed by atoms with E-state index in [-0.39, 0.29) is 0 Å². The highest BCUT2D eigenvalue weighted by atomic mass is 79.9. The Morgan fingerprint density at radius 3 is 2.82 bits per heavy atom. The van der Waals surface area contributed by atoms with E-state index in [0.29, 0.717) is 19.0 Å². The Morgan fingerprint density at radius 1 is 1.53 bits per heavy atom. The van der Waals surface area contributed by atoms with Crippen molar-refractivity contribution in [3.05, 3.63) is 11.6 Å². The predicted molar refractivity (Wildman–Crippen MR) is 75.9 cm³/mol. The topological polar surface area (TPSA) is 37.4 Å². The van der Waals surface area contributed by atoms with Crippen molar-refractivity contribution >= 4 is 26.0 Å². The second-order valence-corrected chi connectivity index (χ2v) is 7.64. The van der Waals surface area contributed by atoms with Crippen molar-refractivity contribution in [2.45, 2.75) is 32.6 Å². The largest absolute Gasteiger partial charge is 0.213 e. The number of nitrogens with zero attached hydrogens (tertiary/aromatic N) is 1. The molecule has 0 amide bonds. The summed E-state index contributed by atoms with van der Waals surface area (Å²) >= 11 is 3.41. The van der Waals surface area contributed by atoms with Crippen LogP contribution < -0.4 is 0 Å². The van der Waals surface area contributed by atoms with E-state index in [1.165, 1.54) is 11.8 Å². The first-order chi connectivity index (χ1) is 7.93. The van der Waals surface area contributed by atoms with Gasteiger partial charge >= 0.3 is 0 Å². The summed E-state index contributed by atoms with van der Waals surface area (Å²) in [6.45, 7) is 3.53. The molecular formula is C12H22BrNO2S. The lowest BCUT2D eigenvalue weighted by Crippen LogP contribution is -2.39. The molecule has 0 N–H and O–H groups in total. The highest BCUT2D eigenvalue weighted by molar-refractivity contribution is 9.09. The molecule has 1 aliphatic heterocycles. The zero-order chi connectivity index (χ0) is 12.9. The van der Waals surface area contributed by atoms with Crippen molar-refractivity contribution < 1.29 is 8.42 Å². The molecule has 0 aromatic heterocycles. The normalized spacial score (nSPS) is 23.9. The molecule has 5 heteroatoms. The Balaban J connectivity index is 2.50. The van der Waals surface area contributed by atoms with E-state index in [1.54, 1.807) is 4.31 Å². The van der Waals surface area contributed by atoms with Crippen molar-refractivity contribution in [1.29, 1.82) is 0 Å². The first kappa shape index (κ1) is 15.2. The van der Waals surface area contributed by atoms with Gasteiger partial charge < -0.3 is 0 Å². The molecule has 1 saturated heterocycles. The maximum atomic E-state index is 11.5. The van der Waals surface area contributed by atoms with Gasteiger partial charge in [-0.25, -0.2) is 12.7 Å². The van der Waals surface area contributed by atoms with Crippen LogP contribution in [0.15, 0.2) is 11.6 Å². The Bertz CT molecular complexity index is 365. The summed E-state index contributed by atoms with van der Waals surface area (Å²) in [6.07, 6.45) is 7.76. The molecule has 1 aliphatic rings. The number of hydrogen-bond acceptors (Lipinski definition) is 2. The third kappa shape index (κ3) is 5.53. The van der Waals surface area contributed by atoms with Crippen LogP contribution in [-0.2, 0) is 10.0 Å². The van der Waals surface area contributed by atoms with E-state index in [4.69, 9.17) is 0 Å². The molecule has 17 heavy (non-hydrogen) atoms. The van der Waals surface area contributed by atoms with Gasteiger partial charge in [0.25, 0.3) is 0 Å². The molecule has 0 saturated carbocycles. The second-order valence-electron chi connectivity index (χ2n) is 4.86. The summed E-state index contributed by atoms with van der Waals surface area (Å²) in [5, 5.41) is 0.991. The highest BCUT2D eigenvalue weighted by Crippen LogP contribution is 2.24. The van der Waals surface area contributed by atoms with Gasteiger partial charge in [0.15, 0.2) is 0 Å². The van der Waals surface area contributed by atoms with E-state index in [2.05, 4.69) is 28.9 Å². The summed E-state index contributed by atoms with van der Waals surface area (Å²) in [6, 6.07) is 0. The van der Waals surface area contributed by atoms with Crippen LogP contribution in [0.4, 0.5) is 0 Å². The Kier molecular flexibility index (Phi) is 6.17. The van der Waals surface area contributed by atoms with E-state index in [1.807, 2.05) is 0 Å². The van der Waals surface area contributed by atoms with E-state index in [9.17, 15) is 8.42 Å². The van der Waals surface area contributed by atoms with Gasteiger partial charge in [-0.15, -0.1) is 0 Å². The second kappa shape index (κ2) is 6.90. The molecule has 100 valence electrons. The number of allylic oxidation sites excluding steroid dienone is 2. The summed E-state index contributed by atoms with van der Waals surface area (Å²) in [5.74, 6) is 0.491. The zero-order valence-electron chi connectivity index (χ0n) is 10.7. The van der Waals surface area contributed by atoms with Gasteiger partial charge in [-0.3, -0.25) is 0 Å². The van der Waals surface area contributed by atoms with Gasteiger partial charge in [-0.2, -0.15) is 0 Å². The average Bonchev–Trinajstić information content (AvgIpc) is 2.25. The summed E-state index contributed by atoms with van der Waals surface area (Å²) < 4.78 is 24.6. The molecule has 1 heterocycles. The molecule has 0 aromatic rings. The zero-order valence-corrected chi connectivity index (χ0v) is 13.1. The Labute approximate surface area is 113 Å². The summed E-state index contributed by atoms with van der Waals surface area (Å²) in [7, 11) is -3.01. The number of halogens is 1. The van der Waals surface area contributed by atoms with Crippen LogP contribution in [0.25, 0.3) is 0 Å². The minimum atomic E-state index is -3.01. The van der Waals surface area contributed by atoms with Gasteiger partial charge in [0, 0.05) is 18.4 Å². The number of hydrogen-bond donors (Lipinski definition) is 0. The highest BCUT2D eigenvalue weighted by Gasteiger charge is 2.25. The molecule has 1 rings (SSSR count). The fourth-order valence-corrected chi connectivity index (χ4v) is 3.51. The van der Waals surface area contributed by atoms with Crippen molar-refractivity contribution in [1.82, 2.24) is 4.31 Å². The van der Waals surface area contributed by atoms with Crippen LogP contribution in [0.1, 0.15) is 32.6 Å². The lowest BCUT2D eigenvalue weighted by atomic mass is 9.92. The van der Waals surface area contributed by atoms with Crippen LogP contribution in [-0.4, -0.2) is 37.4 Å². The molecule has 0 aromatic carbocycles. The lowest BCUT2D eigenvalue weighted by Gasteiger charge is -2.31. The molecule has 0 spiro atoms. The average molecular weight is 324 g/mol. The summed E-state index contributed by atoms with van der Waals surface area (Å²) in [5.41, 5.74) is 1.38. The lowest BCUT2D eigenvalue weighted by molar-refractivity contribution is 0.266. The van der Waals surface area contributed by atoms with Crippen molar-refractivity contribution in [3.8, 4) is 0 Å². The van der Waals surface area contributed by atoms with Gasteiger partial charge in [-0.1, -0.05) is 27.6 Å². The molecule has 0 radical (unpaired) electrons. The van der Waals surface area contributed by atoms with E-state index in [0.717, 1.165) is 31.0 Å². The van der Waals surface area contributed by atoms with Crippen molar-refractivity contribution in [2.24, 2.45) is 5.92 Å². The third-order valence-electron chi connectivity index (χ3n) is 3.16. The molecule has 1 fully saturated rings. The molecule has 1 unspecified atom stereocenters. The van der Waals surface area contributed by atoms with Gasteiger partial charge in [0.1, 0.15) is 0 Å². The van der Waals surface area contributed by atoms with Gasteiger partial charge in [0.2, 0.25) is 10.0 Å². The number of sulfonamides is 1. The summed E-state index contributed by atoms with van der Waals surface area (Å²) in [4.78, 5) is 0. The number of rotatable bonds is 5. The molecule has 0 aliphatic carbocycles. The SMILES string of the molecule is CC(=CCCBr)CC1CCCN(S(C)(=O)=O)C1. The van der Waals surface area contributed by atoms with Crippen LogP contribution in [0.3, 0.4) is 0 Å². The smallest absolute Gasteiger partial charge is 0.211 e. The molecule has 3 nitrogen and oxygen atoms in total. The minimum Gasteiger partial charge on any atom is -0.213 e. The van der Waals surface area contributed by atoms with E-state index < -0.39 is 10.0 Å². The first-order valence-corrected chi connectivity index (χ1v) is 9.07. The Morgan fingerprint density at radius 2 is 2.24 bits per heavy atom. The van der Waals surface area contributed by atoms with Gasteiger partial charge in [0.05, 0.1) is 6.26 Å². The quantitative estimate of drug-likeness (QED) is 0.576. The van der Waals surface area contributed by atoms with Crippen molar-refractivity contribution in [2.75, 3.05) is 24.7 Å². The fraction of sp³-hybridized carbons (Fsp3) is 0.833. The van der Waals surface area contributed by atoms with E-state index >= 15 is 0 Å². The number of alkyl halides is 1. The van der Waals surface area contributed by atoms with Crippen LogP contribution in [0.5, 0.6) is 0 Å². The maximum absolute atomic E-state index is 11.5. The van der Waals surface area contributed by atoms with Crippen LogP contribution in [0, 0.1) is 5.92 Å². The molecule has 1 atom stereocenters. The standard InChI is InChI=1S/C12H22BrNO2S/c1-11(5-3-7-13)9-12-6-4-8-14(10-12)17(2,15)16/h5,12H,3-4,6-10H2,1-2H3. The van der Waals surface area contributed by atoms with Crippen molar-refractivity contribution in [3.63, 3.8) is 0 Å². The first-order valence-electron chi connectivity index (χ1n) is 6.10. The predicted octanol–water partition coefficient (Wildman–Crippen LogP) is 2.78. The van der Waals surface area contributed by atoms with Crippen LogP contribution in [0.2, 0.25) is 0 Å².